The van der Waals surface area contributed by atoms with Crippen molar-refractivity contribution in [1.82, 2.24) is 5.32 Å². The van der Waals surface area contributed by atoms with Gasteiger partial charge >= 0.3 is 0 Å². The van der Waals surface area contributed by atoms with Crippen LogP contribution in [0.15, 0.2) is 54.6 Å². The number of ether oxygens (including phenoxy) is 1. The Morgan fingerprint density at radius 1 is 1.04 bits per heavy atom. The minimum Gasteiger partial charge on any atom is -0.494 e. The number of amides is 2. The second-order valence-electron chi connectivity index (χ2n) is 5.97. The second kappa shape index (κ2) is 8.33. The summed E-state index contributed by atoms with van der Waals surface area (Å²) in [5, 5.41) is 2.70. The number of hydrogen-bond acceptors (Lipinski definition) is 3. The Kier molecular flexibility index (Phi) is 5.67. The van der Waals surface area contributed by atoms with Crippen molar-refractivity contribution >= 4 is 17.5 Å². The first-order valence-corrected chi connectivity index (χ1v) is 8.57. The predicted molar refractivity (Wildman–Crippen MR) is 96.7 cm³/mol. The summed E-state index contributed by atoms with van der Waals surface area (Å²) in [7, 11) is 0. The van der Waals surface area contributed by atoms with E-state index in [0.717, 1.165) is 17.9 Å². The second-order valence-corrected chi connectivity index (χ2v) is 5.97. The van der Waals surface area contributed by atoms with Crippen molar-refractivity contribution in [2.24, 2.45) is 0 Å². The summed E-state index contributed by atoms with van der Waals surface area (Å²) >= 11 is 0. The molecule has 0 atom stereocenters. The first-order valence-electron chi connectivity index (χ1n) is 8.57. The van der Waals surface area contributed by atoms with Crippen molar-refractivity contribution in [3.8, 4) is 5.75 Å². The number of nitrogens with one attached hydrogen (secondary N) is 1. The van der Waals surface area contributed by atoms with E-state index in [9.17, 15) is 9.59 Å². The molecule has 0 saturated carbocycles. The minimum atomic E-state index is -0.127. The summed E-state index contributed by atoms with van der Waals surface area (Å²) in [4.78, 5) is 25.9. The fraction of sp³-hybridized carbons (Fsp3) is 0.300. The zero-order valence-electron chi connectivity index (χ0n) is 14.1. The molecule has 0 radical (unpaired) electrons. The van der Waals surface area contributed by atoms with E-state index in [1.807, 2.05) is 54.6 Å². The van der Waals surface area contributed by atoms with Crippen LogP contribution in [0.2, 0.25) is 0 Å². The lowest BCUT2D eigenvalue weighted by Gasteiger charge is -2.17. The van der Waals surface area contributed by atoms with Gasteiger partial charge in [0.25, 0.3) is 0 Å². The monoisotopic (exact) mass is 338 g/mol. The highest BCUT2D eigenvalue weighted by molar-refractivity contribution is 5.98. The van der Waals surface area contributed by atoms with E-state index in [-0.39, 0.29) is 18.4 Å². The zero-order chi connectivity index (χ0) is 17.5. The van der Waals surface area contributed by atoms with E-state index in [2.05, 4.69) is 5.32 Å². The molecule has 1 N–H and O–H groups in total. The molecule has 0 saturated heterocycles. The molecule has 0 bridgehead atoms. The molecule has 0 fully saturated rings. The maximum Gasteiger partial charge on any atom is 0.246 e. The molecule has 5 nitrogen and oxygen atoms in total. The Morgan fingerprint density at radius 3 is 2.64 bits per heavy atom. The van der Waals surface area contributed by atoms with Crippen molar-refractivity contribution in [1.29, 1.82) is 0 Å². The fourth-order valence-electron chi connectivity index (χ4n) is 2.89. The van der Waals surface area contributed by atoms with Crippen LogP contribution in [0.5, 0.6) is 5.75 Å². The van der Waals surface area contributed by atoms with Gasteiger partial charge in [-0.1, -0.05) is 36.4 Å². The van der Waals surface area contributed by atoms with Crippen molar-refractivity contribution < 1.29 is 14.3 Å². The smallest absolute Gasteiger partial charge is 0.246 e. The van der Waals surface area contributed by atoms with Crippen LogP contribution in [-0.2, 0) is 16.0 Å². The normalized spacial score (nSPS) is 12.6. The van der Waals surface area contributed by atoms with Crippen molar-refractivity contribution in [3.05, 3.63) is 60.2 Å². The third kappa shape index (κ3) is 4.59. The Labute approximate surface area is 147 Å². The lowest BCUT2D eigenvalue weighted by Crippen LogP contribution is -2.39. The molecule has 5 heteroatoms. The van der Waals surface area contributed by atoms with Gasteiger partial charge in [-0.25, -0.2) is 0 Å². The Balaban J connectivity index is 1.36. The number of anilines is 1. The Hall–Kier alpha value is -2.82. The molecule has 2 aromatic carbocycles. The van der Waals surface area contributed by atoms with Crippen LogP contribution < -0.4 is 15.0 Å². The Morgan fingerprint density at radius 2 is 1.80 bits per heavy atom. The van der Waals surface area contributed by atoms with E-state index >= 15 is 0 Å². The lowest BCUT2D eigenvalue weighted by atomic mass is 10.2. The number of hydrogen-bond donors (Lipinski definition) is 1. The van der Waals surface area contributed by atoms with Gasteiger partial charge < -0.3 is 15.0 Å². The molecule has 3 rings (SSSR count). The highest BCUT2D eigenvalue weighted by Gasteiger charge is 2.23. The van der Waals surface area contributed by atoms with E-state index in [0.29, 0.717) is 26.0 Å². The van der Waals surface area contributed by atoms with E-state index in [4.69, 9.17) is 4.74 Å². The molecule has 1 aliphatic rings. The molecule has 0 spiro atoms. The molecule has 0 aromatic heterocycles. The van der Waals surface area contributed by atoms with Crippen molar-refractivity contribution in [2.75, 3.05) is 24.6 Å². The summed E-state index contributed by atoms with van der Waals surface area (Å²) in [6.45, 7) is 1.19. The van der Waals surface area contributed by atoms with Gasteiger partial charge in [-0.2, -0.15) is 0 Å². The molecule has 0 unspecified atom stereocenters. The molecule has 1 heterocycles. The standard InChI is InChI=1S/C20H22N2O3/c23-19(11-6-14-25-17-8-2-1-3-9-17)21-15-20(24)22-13-12-16-7-4-5-10-18(16)22/h1-5,7-10H,6,11-15H2,(H,21,23). The molecule has 2 amide bonds. The van der Waals surface area contributed by atoms with Gasteiger partial charge in [0.15, 0.2) is 0 Å². The SMILES string of the molecule is O=C(CCCOc1ccccc1)NCC(=O)N1CCc2ccccc21. The summed E-state index contributed by atoms with van der Waals surface area (Å²) in [5.74, 6) is 0.599. The zero-order valence-corrected chi connectivity index (χ0v) is 14.1. The minimum absolute atomic E-state index is 0.0344. The molecular formula is C20H22N2O3. The van der Waals surface area contributed by atoms with Crippen LogP contribution >= 0.6 is 0 Å². The van der Waals surface area contributed by atoms with Gasteiger partial charge in [-0.05, 0) is 36.6 Å². The first-order chi connectivity index (χ1) is 12.2. The average molecular weight is 338 g/mol. The number of fused-ring (bicyclic) bond motifs is 1. The van der Waals surface area contributed by atoms with Crippen LogP contribution in [0.3, 0.4) is 0 Å². The van der Waals surface area contributed by atoms with Crippen LogP contribution in [0.25, 0.3) is 0 Å². The molecule has 2 aromatic rings. The van der Waals surface area contributed by atoms with Crippen LogP contribution in [0.4, 0.5) is 5.69 Å². The number of nitrogens with zero attached hydrogens (tertiary/aromatic N) is 1. The largest absolute Gasteiger partial charge is 0.494 e. The van der Waals surface area contributed by atoms with Crippen molar-refractivity contribution in [2.45, 2.75) is 19.3 Å². The van der Waals surface area contributed by atoms with E-state index in [1.165, 1.54) is 5.56 Å². The average Bonchev–Trinajstić information content (AvgIpc) is 3.08. The van der Waals surface area contributed by atoms with Gasteiger partial charge in [0.2, 0.25) is 11.8 Å². The number of rotatable bonds is 7. The van der Waals surface area contributed by atoms with Crippen molar-refractivity contribution in [3.63, 3.8) is 0 Å². The summed E-state index contributed by atoms with van der Waals surface area (Å²) in [6, 6.07) is 17.4. The molecule has 1 aliphatic heterocycles. The van der Waals surface area contributed by atoms with Gasteiger partial charge in [-0.3, -0.25) is 9.59 Å². The maximum absolute atomic E-state index is 12.3. The van der Waals surface area contributed by atoms with Crippen LogP contribution in [0, 0.1) is 0 Å². The third-order valence-electron chi connectivity index (χ3n) is 4.19. The van der Waals surface area contributed by atoms with Gasteiger partial charge in [-0.15, -0.1) is 0 Å². The van der Waals surface area contributed by atoms with Crippen LogP contribution in [-0.4, -0.2) is 31.5 Å². The molecule has 25 heavy (non-hydrogen) atoms. The molecular weight excluding hydrogens is 316 g/mol. The predicted octanol–water partition coefficient (Wildman–Crippen LogP) is 2.55. The van der Waals surface area contributed by atoms with Crippen LogP contribution in [0.1, 0.15) is 18.4 Å². The highest BCUT2D eigenvalue weighted by Crippen LogP contribution is 2.27. The third-order valence-corrected chi connectivity index (χ3v) is 4.19. The topological polar surface area (TPSA) is 58.6 Å². The van der Waals surface area contributed by atoms with Gasteiger partial charge in [0.05, 0.1) is 13.2 Å². The number of para-hydroxylation sites is 2. The Bertz CT molecular complexity index is 731. The number of carbonyl (C=O) groups excluding carboxylic acids is 2. The summed E-state index contributed by atoms with van der Waals surface area (Å²) in [6.07, 6.45) is 1.82. The highest BCUT2D eigenvalue weighted by atomic mass is 16.5. The summed E-state index contributed by atoms with van der Waals surface area (Å²) < 4.78 is 5.55. The van der Waals surface area contributed by atoms with E-state index in [1.54, 1.807) is 4.90 Å². The lowest BCUT2D eigenvalue weighted by molar-refractivity contribution is -0.125. The molecule has 0 aliphatic carbocycles. The quantitative estimate of drug-likeness (QED) is 0.789. The fourth-order valence-corrected chi connectivity index (χ4v) is 2.89. The first kappa shape index (κ1) is 17.0. The molecule has 130 valence electrons. The number of carbonyl (C=O) groups is 2. The van der Waals surface area contributed by atoms with E-state index < -0.39 is 0 Å². The van der Waals surface area contributed by atoms with Gasteiger partial charge in [0, 0.05) is 18.7 Å². The summed E-state index contributed by atoms with van der Waals surface area (Å²) in [5.41, 5.74) is 2.14. The number of benzene rings is 2. The van der Waals surface area contributed by atoms with Gasteiger partial charge in [0.1, 0.15) is 5.75 Å². The maximum atomic E-state index is 12.3.